The minimum absolute atomic E-state index is 0.109. The third kappa shape index (κ3) is 3.35. The molecule has 1 aliphatic rings. The van der Waals surface area contributed by atoms with Crippen LogP contribution in [0, 0.1) is 5.92 Å². The first-order valence-electron chi connectivity index (χ1n) is 5.78. The number of rotatable bonds is 5. The molecule has 1 fully saturated rings. The quantitative estimate of drug-likeness (QED) is 0.766. The second-order valence-corrected chi connectivity index (χ2v) is 6.31. The molecule has 1 rings (SSSR count). The molecule has 0 heterocycles. The van der Waals surface area contributed by atoms with Gasteiger partial charge in [0.15, 0.2) is 0 Å². The Hall–Kier alpha value is 0.110. The minimum Gasteiger partial charge on any atom is -0.327 e. The summed E-state index contributed by atoms with van der Waals surface area (Å²) in [6.07, 6.45) is 6.14. The SMILES string of the molecule is CCC(N)C(C)S(=O)CC1CCCC1. The molecule has 1 saturated carbocycles. The normalized spacial score (nSPS) is 24.8. The van der Waals surface area contributed by atoms with Crippen LogP contribution in [0.3, 0.4) is 0 Å². The highest BCUT2D eigenvalue weighted by atomic mass is 32.2. The summed E-state index contributed by atoms with van der Waals surface area (Å²) in [5.74, 6) is 1.59. The van der Waals surface area contributed by atoms with Crippen LogP contribution >= 0.6 is 0 Å². The van der Waals surface area contributed by atoms with Crippen LogP contribution in [-0.4, -0.2) is 21.3 Å². The van der Waals surface area contributed by atoms with Crippen molar-refractivity contribution < 1.29 is 4.21 Å². The maximum absolute atomic E-state index is 11.9. The zero-order valence-corrected chi connectivity index (χ0v) is 10.2. The molecule has 1 aliphatic carbocycles. The van der Waals surface area contributed by atoms with Crippen molar-refractivity contribution in [1.29, 1.82) is 0 Å². The van der Waals surface area contributed by atoms with Crippen LogP contribution in [0.1, 0.15) is 46.0 Å². The third-order valence-corrected chi connectivity index (χ3v) is 5.34. The summed E-state index contributed by atoms with van der Waals surface area (Å²) in [4.78, 5) is 0. The number of hydrogen-bond donors (Lipinski definition) is 1. The Kier molecular flexibility index (Phi) is 5.10. The van der Waals surface area contributed by atoms with E-state index in [9.17, 15) is 4.21 Å². The molecule has 14 heavy (non-hydrogen) atoms. The molecular formula is C11H23NOS. The van der Waals surface area contributed by atoms with Crippen LogP contribution in [0.2, 0.25) is 0 Å². The van der Waals surface area contributed by atoms with E-state index in [-0.39, 0.29) is 11.3 Å². The fourth-order valence-corrected chi connectivity index (χ4v) is 3.77. The first-order chi connectivity index (χ1) is 6.65. The molecule has 0 amide bonds. The van der Waals surface area contributed by atoms with Gasteiger partial charge in [0.05, 0.1) is 0 Å². The highest BCUT2D eigenvalue weighted by Crippen LogP contribution is 2.26. The summed E-state index contributed by atoms with van der Waals surface area (Å²) in [5.41, 5.74) is 5.90. The van der Waals surface area contributed by atoms with Gasteiger partial charge in [-0.05, 0) is 32.1 Å². The van der Waals surface area contributed by atoms with Crippen molar-refractivity contribution in [1.82, 2.24) is 0 Å². The van der Waals surface area contributed by atoms with E-state index in [1.54, 1.807) is 0 Å². The molecule has 2 N–H and O–H groups in total. The van der Waals surface area contributed by atoms with Gasteiger partial charge in [0.25, 0.3) is 0 Å². The highest BCUT2D eigenvalue weighted by molar-refractivity contribution is 7.85. The maximum atomic E-state index is 11.9. The molecule has 84 valence electrons. The topological polar surface area (TPSA) is 43.1 Å². The third-order valence-electron chi connectivity index (χ3n) is 3.36. The van der Waals surface area contributed by atoms with Gasteiger partial charge in [-0.25, -0.2) is 0 Å². The summed E-state index contributed by atoms with van der Waals surface area (Å²) in [6, 6.07) is 0.109. The van der Waals surface area contributed by atoms with Crippen LogP contribution in [-0.2, 0) is 10.8 Å². The zero-order valence-electron chi connectivity index (χ0n) is 9.37. The minimum atomic E-state index is -0.710. The molecular weight excluding hydrogens is 194 g/mol. The van der Waals surface area contributed by atoms with Crippen molar-refractivity contribution >= 4 is 10.8 Å². The van der Waals surface area contributed by atoms with Gasteiger partial charge < -0.3 is 5.73 Å². The lowest BCUT2D eigenvalue weighted by atomic mass is 10.1. The molecule has 0 aromatic rings. The lowest BCUT2D eigenvalue weighted by Gasteiger charge is -2.19. The average Bonchev–Trinajstić information content (AvgIpc) is 2.68. The predicted molar refractivity (Wildman–Crippen MR) is 62.7 cm³/mol. The molecule has 3 atom stereocenters. The fraction of sp³-hybridized carbons (Fsp3) is 1.00. The predicted octanol–water partition coefficient (Wildman–Crippen LogP) is 2.05. The molecule has 0 spiro atoms. The molecule has 3 heteroatoms. The summed E-state index contributed by atoms with van der Waals surface area (Å²) >= 11 is 0. The van der Waals surface area contributed by atoms with Crippen molar-refractivity contribution in [3.63, 3.8) is 0 Å². The molecule has 0 aromatic carbocycles. The van der Waals surface area contributed by atoms with Crippen molar-refractivity contribution in [2.75, 3.05) is 5.75 Å². The van der Waals surface area contributed by atoms with Crippen LogP contribution in [0.15, 0.2) is 0 Å². The van der Waals surface area contributed by atoms with Gasteiger partial charge in [-0.1, -0.05) is 19.8 Å². The first-order valence-corrected chi connectivity index (χ1v) is 7.16. The van der Waals surface area contributed by atoms with Crippen molar-refractivity contribution in [3.05, 3.63) is 0 Å². The van der Waals surface area contributed by atoms with E-state index < -0.39 is 10.8 Å². The highest BCUT2D eigenvalue weighted by Gasteiger charge is 2.23. The van der Waals surface area contributed by atoms with E-state index >= 15 is 0 Å². The summed E-state index contributed by atoms with van der Waals surface area (Å²) < 4.78 is 11.9. The number of nitrogens with two attached hydrogens (primary N) is 1. The average molecular weight is 217 g/mol. The van der Waals surface area contributed by atoms with Crippen LogP contribution in [0.25, 0.3) is 0 Å². The van der Waals surface area contributed by atoms with E-state index in [2.05, 4.69) is 6.92 Å². The zero-order chi connectivity index (χ0) is 10.6. The molecule has 2 nitrogen and oxygen atoms in total. The molecule has 0 aliphatic heterocycles. The lowest BCUT2D eigenvalue weighted by Crippen LogP contribution is -2.36. The van der Waals surface area contributed by atoms with Crippen LogP contribution < -0.4 is 5.73 Å². The van der Waals surface area contributed by atoms with E-state index in [1.807, 2.05) is 6.92 Å². The monoisotopic (exact) mass is 217 g/mol. The van der Waals surface area contributed by atoms with Gasteiger partial charge in [-0.2, -0.15) is 0 Å². The van der Waals surface area contributed by atoms with Gasteiger partial charge in [0.2, 0.25) is 0 Å². The molecule has 0 saturated heterocycles. The van der Waals surface area contributed by atoms with E-state index in [4.69, 9.17) is 5.73 Å². The molecule has 0 aromatic heterocycles. The standard InChI is InChI=1S/C11H23NOS/c1-3-11(12)9(2)14(13)8-10-6-4-5-7-10/h9-11H,3-8,12H2,1-2H3. The Labute approximate surface area is 90.1 Å². The Morgan fingerprint density at radius 2 is 2.00 bits per heavy atom. The molecule has 3 unspecified atom stereocenters. The van der Waals surface area contributed by atoms with Crippen molar-refractivity contribution in [2.45, 2.75) is 57.2 Å². The molecule has 0 radical (unpaired) electrons. The van der Waals surface area contributed by atoms with Crippen molar-refractivity contribution in [2.24, 2.45) is 11.7 Å². The van der Waals surface area contributed by atoms with E-state index in [0.29, 0.717) is 5.92 Å². The summed E-state index contributed by atoms with van der Waals surface area (Å²) in [7, 11) is -0.710. The lowest BCUT2D eigenvalue weighted by molar-refractivity contribution is 0.579. The van der Waals surface area contributed by atoms with E-state index in [1.165, 1.54) is 25.7 Å². The smallest absolute Gasteiger partial charge is 0.0470 e. The second-order valence-electron chi connectivity index (χ2n) is 4.48. The van der Waals surface area contributed by atoms with Gasteiger partial charge in [-0.3, -0.25) is 4.21 Å². The fourth-order valence-electron chi connectivity index (χ4n) is 2.09. The summed E-state index contributed by atoms with van der Waals surface area (Å²) in [5, 5.41) is 0.167. The Balaban J connectivity index is 2.32. The van der Waals surface area contributed by atoms with Crippen LogP contribution in [0.5, 0.6) is 0 Å². The second kappa shape index (κ2) is 5.86. The Morgan fingerprint density at radius 1 is 1.43 bits per heavy atom. The van der Waals surface area contributed by atoms with Gasteiger partial charge in [0.1, 0.15) is 0 Å². The Bertz CT molecular complexity index is 190. The van der Waals surface area contributed by atoms with Gasteiger partial charge >= 0.3 is 0 Å². The molecule has 0 bridgehead atoms. The van der Waals surface area contributed by atoms with Crippen LogP contribution in [0.4, 0.5) is 0 Å². The maximum Gasteiger partial charge on any atom is 0.0470 e. The van der Waals surface area contributed by atoms with E-state index in [0.717, 1.165) is 12.2 Å². The largest absolute Gasteiger partial charge is 0.327 e. The summed E-state index contributed by atoms with van der Waals surface area (Å²) in [6.45, 7) is 4.09. The Morgan fingerprint density at radius 3 is 2.50 bits per heavy atom. The van der Waals surface area contributed by atoms with Gasteiger partial charge in [0, 0.05) is 27.8 Å². The van der Waals surface area contributed by atoms with Gasteiger partial charge in [-0.15, -0.1) is 0 Å². The number of hydrogen-bond acceptors (Lipinski definition) is 2. The van der Waals surface area contributed by atoms with Crippen molar-refractivity contribution in [3.8, 4) is 0 Å². The first kappa shape index (κ1) is 12.2.